The van der Waals surface area contributed by atoms with Gasteiger partial charge in [-0.1, -0.05) is 23.7 Å². The highest BCUT2D eigenvalue weighted by atomic mass is 35.5. The van der Waals surface area contributed by atoms with Crippen LogP contribution in [-0.4, -0.2) is 30.5 Å². The first-order chi connectivity index (χ1) is 11.9. The molecule has 0 spiro atoms. The van der Waals surface area contributed by atoms with Gasteiger partial charge >= 0.3 is 5.97 Å². The molecule has 0 aliphatic carbocycles. The SMILES string of the molecule is COc1ccccc1C(=O)OCC(=O)Nc1ccc(Cl)cc1[N+](=O)[O-]. The normalized spacial score (nSPS) is 10.0. The molecule has 9 heteroatoms. The molecule has 0 saturated heterocycles. The summed E-state index contributed by atoms with van der Waals surface area (Å²) in [5, 5.41) is 13.4. The zero-order valence-electron chi connectivity index (χ0n) is 13.0. The molecule has 2 aromatic rings. The van der Waals surface area contributed by atoms with Gasteiger partial charge in [-0.2, -0.15) is 0 Å². The maximum atomic E-state index is 12.0. The van der Waals surface area contributed by atoms with Gasteiger partial charge in [-0.3, -0.25) is 14.9 Å². The summed E-state index contributed by atoms with van der Waals surface area (Å²) in [7, 11) is 1.40. The Bertz CT molecular complexity index is 824. The van der Waals surface area contributed by atoms with Crippen LogP contribution in [0.5, 0.6) is 5.75 Å². The quantitative estimate of drug-likeness (QED) is 0.479. The number of methoxy groups -OCH3 is 1. The third-order valence-electron chi connectivity index (χ3n) is 3.09. The van der Waals surface area contributed by atoms with E-state index in [0.717, 1.165) is 6.07 Å². The van der Waals surface area contributed by atoms with Crippen LogP contribution in [-0.2, 0) is 9.53 Å². The van der Waals surface area contributed by atoms with Crippen molar-refractivity contribution < 1.29 is 24.0 Å². The minimum Gasteiger partial charge on any atom is -0.496 e. The number of nitro benzene ring substituents is 1. The van der Waals surface area contributed by atoms with Gasteiger partial charge in [0.05, 0.1) is 12.0 Å². The van der Waals surface area contributed by atoms with Gasteiger partial charge in [-0.25, -0.2) is 4.79 Å². The minimum absolute atomic E-state index is 0.0484. The first-order valence-corrected chi connectivity index (χ1v) is 7.34. The number of halogens is 1. The van der Waals surface area contributed by atoms with Crippen LogP contribution in [0.15, 0.2) is 42.5 Å². The highest BCUT2D eigenvalue weighted by molar-refractivity contribution is 6.31. The molecule has 1 N–H and O–H groups in total. The van der Waals surface area contributed by atoms with Crippen molar-refractivity contribution in [2.75, 3.05) is 19.0 Å². The summed E-state index contributed by atoms with van der Waals surface area (Å²) >= 11 is 5.70. The van der Waals surface area contributed by atoms with E-state index < -0.39 is 23.4 Å². The van der Waals surface area contributed by atoms with Gasteiger partial charge in [-0.15, -0.1) is 0 Å². The monoisotopic (exact) mass is 364 g/mol. The zero-order chi connectivity index (χ0) is 18.4. The van der Waals surface area contributed by atoms with Crippen LogP contribution >= 0.6 is 11.6 Å². The van der Waals surface area contributed by atoms with E-state index in [1.165, 1.54) is 25.3 Å². The lowest BCUT2D eigenvalue weighted by atomic mass is 10.2. The largest absolute Gasteiger partial charge is 0.496 e. The Morgan fingerprint density at radius 3 is 2.64 bits per heavy atom. The molecule has 2 rings (SSSR count). The van der Waals surface area contributed by atoms with E-state index in [2.05, 4.69) is 5.32 Å². The number of para-hydroxylation sites is 1. The molecule has 0 heterocycles. The van der Waals surface area contributed by atoms with Crippen molar-refractivity contribution in [2.45, 2.75) is 0 Å². The van der Waals surface area contributed by atoms with Crippen molar-refractivity contribution in [2.24, 2.45) is 0 Å². The summed E-state index contributed by atoms with van der Waals surface area (Å²) in [6.07, 6.45) is 0. The standard InChI is InChI=1S/C16H13ClN2O6/c1-24-14-5-3-2-4-11(14)16(21)25-9-15(20)18-12-7-6-10(17)8-13(12)19(22)23/h2-8H,9H2,1H3,(H,18,20). The smallest absolute Gasteiger partial charge is 0.342 e. The number of nitro groups is 1. The fourth-order valence-corrected chi connectivity index (χ4v) is 2.14. The highest BCUT2D eigenvalue weighted by Crippen LogP contribution is 2.27. The van der Waals surface area contributed by atoms with Gasteiger partial charge in [0.25, 0.3) is 11.6 Å². The predicted octanol–water partition coefficient (Wildman–Crippen LogP) is 3.05. The molecule has 0 bridgehead atoms. The Kier molecular flexibility index (Phi) is 5.91. The van der Waals surface area contributed by atoms with Crippen molar-refractivity contribution in [3.05, 3.63) is 63.2 Å². The first-order valence-electron chi connectivity index (χ1n) is 6.96. The van der Waals surface area contributed by atoms with E-state index in [4.69, 9.17) is 21.1 Å². The van der Waals surface area contributed by atoms with Crippen LogP contribution in [0, 0.1) is 10.1 Å². The number of ether oxygens (including phenoxy) is 2. The first kappa shape index (κ1) is 18.2. The van der Waals surface area contributed by atoms with Crippen molar-refractivity contribution in [3.63, 3.8) is 0 Å². The summed E-state index contributed by atoms with van der Waals surface area (Å²) < 4.78 is 9.94. The van der Waals surface area contributed by atoms with Crippen LogP contribution in [0.2, 0.25) is 5.02 Å². The second kappa shape index (κ2) is 8.11. The molecule has 0 aliphatic heterocycles. The van der Waals surface area contributed by atoms with E-state index in [0.29, 0.717) is 5.75 Å². The Morgan fingerprint density at radius 1 is 1.24 bits per heavy atom. The summed E-state index contributed by atoms with van der Waals surface area (Å²) in [4.78, 5) is 34.2. The van der Waals surface area contributed by atoms with Crippen LogP contribution in [0.1, 0.15) is 10.4 Å². The zero-order valence-corrected chi connectivity index (χ0v) is 13.8. The molecule has 1 amide bonds. The lowest BCUT2D eigenvalue weighted by Crippen LogP contribution is -2.21. The third-order valence-corrected chi connectivity index (χ3v) is 3.33. The average molecular weight is 365 g/mol. The van der Waals surface area contributed by atoms with Gasteiger partial charge < -0.3 is 14.8 Å². The Labute approximate surface area is 147 Å². The third kappa shape index (κ3) is 4.67. The van der Waals surface area contributed by atoms with Crippen molar-refractivity contribution in [3.8, 4) is 5.75 Å². The lowest BCUT2D eigenvalue weighted by molar-refractivity contribution is -0.383. The summed E-state index contributed by atoms with van der Waals surface area (Å²) in [6.45, 7) is -0.614. The number of hydrogen-bond donors (Lipinski definition) is 1. The molecular weight excluding hydrogens is 352 g/mol. The second-order valence-corrected chi connectivity index (χ2v) is 5.18. The van der Waals surface area contributed by atoms with Crippen LogP contribution < -0.4 is 10.1 Å². The van der Waals surface area contributed by atoms with Crippen LogP contribution in [0.4, 0.5) is 11.4 Å². The molecule has 25 heavy (non-hydrogen) atoms. The van der Waals surface area contributed by atoms with E-state index >= 15 is 0 Å². The number of nitrogens with zero attached hydrogens (tertiary/aromatic N) is 1. The molecule has 2 aromatic carbocycles. The van der Waals surface area contributed by atoms with E-state index in [9.17, 15) is 19.7 Å². The predicted molar refractivity (Wildman–Crippen MR) is 90.0 cm³/mol. The molecule has 0 aliphatic rings. The Balaban J connectivity index is 2.02. The maximum absolute atomic E-state index is 12.0. The van der Waals surface area contributed by atoms with E-state index in [-0.39, 0.29) is 22.0 Å². The van der Waals surface area contributed by atoms with E-state index in [1.54, 1.807) is 18.2 Å². The van der Waals surface area contributed by atoms with Gasteiger partial charge in [0.1, 0.15) is 17.0 Å². The Hall–Kier alpha value is -3.13. The molecule has 0 saturated carbocycles. The molecule has 0 fully saturated rings. The van der Waals surface area contributed by atoms with Crippen molar-refractivity contribution in [1.29, 1.82) is 0 Å². The van der Waals surface area contributed by atoms with Crippen LogP contribution in [0.25, 0.3) is 0 Å². The fourth-order valence-electron chi connectivity index (χ4n) is 1.97. The maximum Gasteiger partial charge on any atom is 0.342 e. The van der Waals surface area contributed by atoms with Gasteiger partial charge in [-0.05, 0) is 24.3 Å². The molecule has 8 nitrogen and oxygen atoms in total. The Morgan fingerprint density at radius 2 is 1.96 bits per heavy atom. The summed E-state index contributed by atoms with van der Waals surface area (Å²) in [5.41, 5.74) is -0.250. The highest BCUT2D eigenvalue weighted by Gasteiger charge is 2.18. The summed E-state index contributed by atoms with van der Waals surface area (Å²) in [6, 6.07) is 10.2. The fraction of sp³-hybridized carbons (Fsp3) is 0.125. The molecule has 130 valence electrons. The minimum atomic E-state index is -0.752. The molecular formula is C16H13ClN2O6. The number of anilines is 1. The second-order valence-electron chi connectivity index (χ2n) is 4.74. The topological polar surface area (TPSA) is 108 Å². The molecule has 0 unspecified atom stereocenters. The number of esters is 1. The summed E-state index contributed by atoms with van der Waals surface area (Å²) in [5.74, 6) is -1.17. The van der Waals surface area contributed by atoms with Gasteiger partial charge in [0.2, 0.25) is 0 Å². The number of carbonyl (C=O) groups excluding carboxylic acids is 2. The number of carbonyl (C=O) groups is 2. The van der Waals surface area contributed by atoms with Crippen LogP contribution in [0.3, 0.4) is 0 Å². The average Bonchev–Trinajstić information content (AvgIpc) is 2.61. The number of hydrogen-bond acceptors (Lipinski definition) is 6. The van der Waals surface area contributed by atoms with Crippen molar-refractivity contribution >= 4 is 34.9 Å². The number of nitrogens with one attached hydrogen (secondary N) is 1. The van der Waals surface area contributed by atoms with Gasteiger partial charge in [0.15, 0.2) is 6.61 Å². The molecule has 0 radical (unpaired) electrons. The lowest BCUT2D eigenvalue weighted by Gasteiger charge is -2.09. The van der Waals surface area contributed by atoms with Gasteiger partial charge in [0, 0.05) is 11.1 Å². The molecule has 0 aromatic heterocycles. The number of amides is 1. The molecule has 0 atom stereocenters. The van der Waals surface area contributed by atoms with E-state index in [1.807, 2.05) is 0 Å². The number of benzene rings is 2. The number of rotatable bonds is 6. The van der Waals surface area contributed by atoms with Crippen molar-refractivity contribution in [1.82, 2.24) is 0 Å².